The summed E-state index contributed by atoms with van der Waals surface area (Å²) in [6.07, 6.45) is 2.10. The van der Waals surface area contributed by atoms with Crippen molar-refractivity contribution in [2.75, 3.05) is 18.0 Å². The first-order chi connectivity index (χ1) is 9.35. The molecule has 0 bridgehead atoms. The van der Waals surface area contributed by atoms with Gasteiger partial charge in [0.1, 0.15) is 5.69 Å². The summed E-state index contributed by atoms with van der Waals surface area (Å²) in [5.41, 5.74) is -0.119. The van der Waals surface area contributed by atoms with Crippen LogP contribution >= 0.6 is 0 Å². The second kappa shape index (κ2) is 5.40. The van der Waals surface area contributed by atoms with Crippen LogP contribution in [0.4, 0.5) is 11.5 Å². The molecular weight excluding hydrogens is 260 g/mol. The third-order valence-electron chi connectivity index (χ3n) is 3.83. The molecule has 0 aromatic carbocycles. The predicted octanol–water partition coefficient (Wildman–Crippen LogP) is 1.86. The van der Waals surface area contributed by atoms with E-state index in [1.54, 1.807) is 11.6 Å². The fourth-order valence-electron chi connectivity index (χ4n) is 2.65. The molecule has 0 unspecified atom stereocenters. The molecule has 0 atom stereocenters. The molecule has 1 saturated heterocycles. The maximum Gasteiger partial charge on any atom is 0.333 e. The Balaban J connectivity index is 2.36. The number of aliphatic hydroxyl groups is 1. The van der Waals surface area contributed by atoms with Gasteiger partial charge in [-0.2, -0.15) is 5.10 Å². The summed E-state index contributed by atoms with van der Waals surface area (Å²) in [4.78, 5) is 12.9. The Morgan fingerprint density at radius 2 is 2.05 bits per heavy atom. The molecule has 0 aliphatic carbocycles. The number of rotatable bonds is 4. The lowest BCUT2D eigenvalue weighted by Gasteiger charge is -2.36. The van der Waals surface area contributed by atoms with Crippen molar-refractivity contribution in [2.24, 2.45) is 0 Å². The number of aromatic nitrogens is 2. The Morgan fingerprint density at radius 3 is 2.55 bits per heavy atom. The number of nitrogens with zero attached hydrogens (tertiary/aromatic N) is 4. The van der Waals surface area contributed by atoms with E-state index < -0.39 is 5.60 Å². The normalized spacial score (nSPS) is 18.3. The van der Waals surface area contributed by atoms with Gasteiger partial charge in [0.05, 0.1) is 10.5 Å². The van der Waals surface area contributed by atoms with Crippen molar-refractivity contribution in [3.63, 3.8) is 0 Å². The second-order valence-corrected chi connectivity index (χ2v) is 5.72. The molecule has 1 aromatic rings. The first-order valence-corrected chi connectivity index (χ1v) is 7.05. The largest absolute Gasteiger partial charge is 0.390 e. The molecule has 7 heteroatoms. The van der Waals surface area contributed by atoms with Gasteiger partial charge in [0, 0.05) is 19.6 Å². The highest BCUT2D eigenvalue weighted by atomic mass is 16.6. The molecule has 0 radical (unpaired) electrons. The summed E-state index contributed by atoms with van der Waals surface area (Å²) < 4.78 is 1.73. The number of aryl methyl sites for hydroxylation is 2. The van der Waals surface area contributed by atoms with Crippen LogP contribution in [0.3, 0.4) is 0 Å². The van der Waals surface area contributed by atoms with Crippen LogP contribution in [-0.2, 0) is 6.54 Å². The van der Waals surface area contributed by atoms with Gasteiger partial charge in [0.25, 0.3) is 0 Å². The summed E-state index contributed by atoms with van der Waals surface area (Å²) >= 11 is 0. The van der Waals surface area contributed by atoms with E-state index in [4.69, 9.17) is 0 Å². The van der Waals surface area contributed by atoms with E-state index in [9.17, 15) is 15.2 Å². The average molecular weight is 282 g/mol. The first-order valence-electron chi connectivity index (χ1n) is 7.05. The summed E-state index contributed by atoms with van der Waals surface area (Å²) in [5, 5.41) is 25.6. The van der Waals surface area contributed by atoms with Crippen LogP contribution in [0.5, 0.6) is 0 Å². The highest BCUT2D eigenvalue weighted by molar-refractivity contribution is 5.61. The molecule has 112 valence electrons. The Bertz CT molecular complexity index is 500. The summed E-state index contributed by atoms with van der Waals surface area (Å²) in [5.74, 6) is 0.588. The topological polar surface area (TPSA) is 84.4 Å². The van der Waals surface area contributed by atoms with Crippen molar-refractivity contribution in [3.8, 4) is 0 Å². The Kier molecular flexibility index (Phi) is 3.99. The van der Waals surface area contributed by atoms with Gasteiger partial charge in [-0.25, -0.2) is 4.68 Å². The van der Waals surface area contributed by atoms with Crippen molar-refractivity contribution < 1.29 is 10.0 Å². The van der Waals surface area contributed by atoms with Crippen LogP contribution in [0.15, 0.2) is 0 Å². The van der Waals surface area contributed by atoms with Crippen molar-refractivity contribution in [1.82, 2.24) is 9.78 Å². The summed E-state index contributed by atoms with van der Waals surface area (Å²) in [7, 11) is 0. The van der Waals surface area contributed by atoms with Crippen LogP contribution in [0, 0.1) is 17.0 Å². The van der Waals surface area contributed by atoms with E-state index in [2.05, 4.69) is 5.10 Å². The van der Waals surface area contributed by atoms with E-state index in [0.29, 0.717) is 44.0 Å². The molecule has 1 aromatic heterocycles. The van der Waals surface area contributed by atoms with Crippen LogP contribution in [0.2, 0.25) is 0 Å². The minimum Gasteiger partial charge on any atom is -0.390 e. The van der Waals surface area contributed by atoms with Crippen molar-refractivity contribution >= 4 is 11.5 Å². The summed E-state index contributed by atoms with van der Waals surface area (Å²) in [6.45, 7) is 7.40. The quantitative estimate of drug-likeness (QED) is 0.673. The van der Waals surface area contributed by atoms with E-state index in [-0.39, 0.29) is 10.6 Å². The lowest BCUT2D eigenvalue weighted by molar-refractivity contribution is -0.384. The average Bonchev–Trinajstić information content (AvgIpc) is 2.66. The molecule has 0 saturated carbocycles. The Labute approximate surface area is 118 Å². The van der Waals surface area contributed by atoms with Crippen molar-refractivity contribution in [2.45, 2.75) is 52.2 Å². The van der Waals surface area contributed by atoms with Gasteiger partial charge in [-0.15, -0.1) is 0 Å². The monoisotopic (exact) mass is 282 g/mol. The standard InChI is InChI=1S/C13H22N4O3/c1-4-7-16-12(11(17(19)20)10(2)14-16)15-8-5-13(3,18)6-9-15/h18H,4-9H2,1-3H3. The number of nitro groups is 1. The molecule has 2 heterocycles. The van der Waals surface area contributed by atoms with Gasteiger partial charge >= 0.3 is 5.69 Å². The van der Waals surface area contributed by atoms with E-state index in [1.165, 1.54) is 0 Å². The number of anilines is 1. The molecule has 1 N–H and O–H groups in total. The van der Waals surface area contributed by atoms with Crippen LogP contribution in [0.1, 0.15) is 38.8 Å². The molecule has 1 aliphatic heterocycles. The number of hydrogen-bond donors (Lipinski definition) is 1. The van der Waals surface area contributed by atoms with Gasteiger partial charge in [-0.1, -0.05) is 6.92 Å². The Morgan fingerprint density at radius 1 is 1.45 bits per heavy atom. The van der Waals surface area contributed by atoms with E-state index >= 15 is 0 Å². The molecule has 1 aliphatic rings. The van der Waals surface area contributed by atoms with Crippen LogP contribution < -0.4 is 4.90 Å². The molecule has 1 fully saturated rings. The Hall–Kier alpha value is -1.63. The fraction of sp³-hybridized carbons (Fsp3) is 0.769. The van der Waals surface area contributed by atoms with E-state index in [0.717, 1.165) is 6.42 Å². The van der Waals surface area contributed by atoms with Crippen LogP contribution in [0.25, 0.3) is 0 Å². The van der Waals surface area contributed by atoms with Crippen molar-refractivity contribution in [3.05, 3.63) is 15.8 Å². The smallest absolute Gasteiger partial charge is 0.333 e. The maximum atomic E-state index is 11.3. The summed E-state index contributed by atoms with van der Waals surface area (Å²) in [6, 6.07) is 0. The SMILES string of the molecule is CCCn1nc(C)c([N+](=O)[O-])c1N1CCC(C)(O)CC1. The molecule has 0 amide bonds. The van der Waals surface area contributed by atoms with Gasteiger partial charge < -0.3 is 10.0 Å². The fourth-order valence-corrected chi connectivity index (χ4v) is 2.65. The van der Waals surface area contributed by atoms with Gasteiger partial charge in [0.15, 0.2) is 0 Å². The highest BCUT2D eigenvalue weighted by Crippen LogP contribution is 2.35. The molecular formula is C13H22N4O3. The van der Waals surface area contributed by atoms with E-state index in [1.807, 2.05) is 18.7 Å². The zero-order chi connectivity index (χ0) is 14.9. The minimum absolute atomic E-state index is 0.0972. The number of hydrogen-bond acceptors (Lipinski definition) is 5. The zero-order valence-corrected chi connectivity index (χ0v) is 12.3. The number of piperidine rings is 1. The highest BCUT2D eigenvalue weighted by Gasteiger charge is 2.34. The molecule has 0 spiro atoms. The molecule has 2 rings (SSSR count). The first kappa shape index (κ1) is 14.8. The third kappa shape index (κ3) is 2.77. The predicted molar refractivity (Wildman–Crippen MR) is 76.0 cm³/mol. The maximum absolute atomic E-state index is 11.3. The van der Waals surface area contributed by atoms with Crippen molar-refractivity contribution in [1.29, 1.82) is 0 Å². The molecule has 20 heavy (non-hydrogen) atoms. The zero-order valence-electron chi connectivity index (χ0n) is 12.3. The van der Waals surface area contributed by atoms with Gasteiger partial charge in [-0.05, 0) is 33.1 Å². The lowest BCUT2D eigenvalue weighted by atomic mass is 9.94. The second-order valence-electron chi connectivity index (χ2n) is 5.72. The minimum atomic E-state index is -0.671. The van der Waals surface area contributed by atoms with Gasteiger partial charge in [-0.3, -0.25) is 10.1 Å². The lowest BCUT2D eigenvalue weighted by Crippen LogP contribution is -2.43. The van der Waals surface area contributed by atoms with Gasteiger partial charge in [0.2, 0.25) is 5.82 Å². The van der Waals surface area contributed by atoms with Crippen LogP contribution in [-0.4, -0.2) is 38.5 Å². The third-order valence-corrected chi connectivity index (χ3v) is 3.83. The molecule has 7 nitrogen and oxygen atoms in total.